The van der Waals surface area contributed by atoms with Crippen LogP contribution in [0.1, 0.15) is 44.4 Å². The lowest BCUT2D eigenvalue weighted by atomic mass is 9.88. The lowest BCUT2D eigenvalue weighted by Crippen LogP contribution is -2.39. The Morgan fingerprint density at radius 1 is 1.44 bits per heavy atom. The molecule has 3 atom stereocenters. The van der Waals surface area contributed by atoms with Crippen molar-refractivity contribution in [3.8, 4) is 0 Å². The first-order valence-electron chi connectivity index (χ1n) is 7.18. The number of rotatable bonds is 6. The van der Waals surface area contributed by atoms with Crippen LogP contribution in [0.3, 0.4) is 0 Å². The molecule has 0 aromatic carbocycles. The summed E-state index contributed by atoms with van der Waals surface area (Å²) in [6.45, 7) is 5.79. The molecule has 0 radical (unpaired) electrons. The van der Waals surface area contributed by atoms with E-state index >= 15 is 0 Å². The van der Waals surface area contributed by atoms with Crippen molar-refractivity contribution < 1.29 is 0 Å². The zero-order valence-corrected chi connectivity index (χ0v) is 13.0. The van der Waals surface area contributed by atoms with Crippen LogP contribution in [0.25, 0.3) is 0 Å². The molecule has 0 amide bonds. The van der Waals surface area contributed by atoms with Gasteiger partial charge in [-0.25, -0.2) is 0 Å². The Labute approximate surface area is 120 Å². The van der Waals surface area contributed by atoms with E-state index in [1.165, 1.54) is 30.6 Å². The van der Waals surface area contributed by atoms with Crippen LogP contribution in [0, 0.1) is 11.8 Å². The molecular weight excluding hydrogens is 262 g/mol. The van der Waals surface area contributed by atoms with E-state index in [4.69, 9.17) is 11.6 Å². The SMILES string of the molecule is CCCNC(Cc1ccc(Cl)s1)C1CCCC1C. The van der Waals surface area contributed by atoms with Gasteiger partial charge in [-0.1, -0.05) is 38.3 Å². The van der Waals surface area contributed by atoms with Gasteiger partial charge in [0.25, 0.3) is 0 Å². The van der Waals surface area contributed by atoms with Crippen molar-refractivity contribution in [1.29, 1.82) is 0 Å². The molecule has 1 fully saturated rings. The quantitative estimate of drug-likeness (QED) is 0.795. The Kier molecular flexibility index (Phi) is 5.53. The Hall–Kier alpha value is -0.0500. The molecule has 1 saturated carbocycles. The monoisotopic (exact) mass is 285 g/mol. The zero-order valence-electron chi connectivity index (χ0n) is 11.4. The van der Waals surface area contributed by atoms with Crippen LogP contribution in [0.4, 0.5) is 0 Å². The van der Waals surface area contributed by atoms with Crippen LogP contribution in [-0.2, 0) is 6.42 Å². The maximum atomic E-state index is 6.03. The second kappa shape index (κ2) is 6.93. The predicted octanol–water partition coefficient (Wildman–Crippen LogP) is 4.75. The van der Waals surface area contributed by atoms with Crippen LogP contribution in [-0.4, -0.2) is 12.6 Å². The minimum absolute atomic E-state index is 0.636. The van der Waals surface area contributed by atoms with Gasteiger partial charge in [0.05, 0.1) is 4.34 Å². The molecule has 102 valence electrons. The number of halogens is 1. The summed E-state index contributed by atoms with van der Waals surface area (Å²) < 4.78 is 0.915. The van der Waals surface area contributed by atoms with Crippen LogP contribution >= 0.6 is 22.9 Å². The van der Waals surface area contributed by atoms with Crippen molar-refractivity contribution in [1.82, 2.24) is 5.32 Å². The Bertz CT molecular complexity index is 363. The van der Waals surface area contributed by atoms with Gasteiger partial charge in [0, 0.05) is 10.9 Å². The Morgan fingerprint density at radius 3 is 2.83 bits per heavy atom. The zero-order chi connectivity index (χ0) is 13.0. The fraction of sp³-hybridized carbons (Fsp3) is 0.733. The molecule has 3 unspecified atom stereocenters. The highest BCUT2D eigenvalue weighted by atomic mass is 35.5. The molecule has 0 saturated heterocycles. The molecule has 1 aromatic heterocycles. The minimum Gasteiger partial charge on any atom is -0.313 e. The van der Waals surface area contributed by atoms with E-state index in [0.717, 1.165) is 29.1 Å². The molecule has 18 heavy (non-hydrogen) atoms. The van der Waals surface area contributed by atoms with Crippen LogP contribution in [0.2, 0.25) is 4.34 Å². The van der Waals surface area contributed by atoms with Gasteiger partial charge in [0.1, 0.15) is 0 Å². The maximum Gasteiger partial charge on any atom is 0.0931 e. The summed E-state index contributed by atoms with van der Waals surface area (Å²) >= 11 is 7.77. The van der Waals surface area contributed by atoms with Crippen molar-refractivity contribution >= 4 is 22.9 Å². The number of hydrogen-bond donors (Lipinski definition) is 1. The van der Waals surface area contributed by atoms with Gasteiger partial charge < -0.3 is 5.32 Å². The minimum atomic E-state index is 0.636. The third kappa shape index (κ3) is 3.72. The first-order chi connectivity index (χ1) is 8.70. The topological polar surface area (TPSA) is 12.0 Å². The molecule has 1 aliphatic carbocycles. The second-order valence-electron chi connectivity index (χ2n) is 5.54. The highest BCUT2D eigenvalue weighted by molar-refractivity contribution is 7.16. The average molecular weight is 286 g/mol. The fourth-order valence-corrected chi connectivity index (χ4v) is 4.30. The van der Waals surface area contributed by atoms with Crippen molar-refractivity contribution in [2.24, 2.45) is 11.8 Å². The van der Waals surface area contributed by atoms with E-state index in [-0.39, 0.29) is 0 Å². The van der Waals surface area contributed by atoms with Crippen molar-refractivity contribution in [2.45, 2.75) is 52.0 Å². The molecule has 2 rings (SSSR count). The normalized spacial score (nSPS) is 25.5. The molecule has 1 N–H and O–H groups in total. The molecule has 0 spiro atoms. The van der Waals surface area contributed by atoms with Crippen LogP contribution in [0.15, 0.2) is 12.1 Å². The lowest BCUT2D eigenvalue weighted by molar-refractivity contribution is 0.296. The van der Waals surface area contributed by atoms with Gasteiger partial charge in [0.15, 0.2) is 0 Å². The maximum absolute atomic E-state index is 6.03. The van der Waals surface area contributed by atoms with E-state index in [0.29, 0.717) is 6.04 Å². The number of thiophene rings is 1. The number of nitrogens with one attached hydrogen (secondary N) is 1. The van der Waals surface area contributed by atoms with E-state index < -0.39 is 0 Å². The summed E-state index contributed by atoms with van der Waals surface area (Å²) in [5.41, 5.74) is 0. The molecule has 1 nitrogen and oxygen atoms in total. The summed E-state index contributed by atoms with van der Waals surface area (Å²) in [5.74, 6) is 1.72. The molecule has 1 aliphatic rings. The first-order valence-corrected chi connectivity index (χ1v) is 8.37. The van der Waals surface area contributed by atoms with Gasteiger partial charge >= 0.3 is 0 Å². The Morgan fingerprint density at radius 2 is 2.28 bits per heavy atom. The van der Waals surface area contributed by atoms with Gasteiger partial charge in [-0.15, -0.1) is 11.3 Å². The smallest absolute Gasteiger partial charge is 0.0931 e. The predicted molar refractivity (Wildman–Crippen MR) is 81.6 cm³/mol. The summed E-state index contributed by atoms with van der Waals surface area (Å²) in [5, 5.41) is 3.76. The van der Waals surface area contributed by atoms with E-state index in [1.807, 2.05) is 6.07 Å². The molecular formula is C15H24ClNS. The third-order valence-corrected chi connectivity index (χ3v) is 5.40. The van der Waals surface area contributed by atoms with Gasteiger partial charge in [-0.3, -0.25) is 0 Å². The third-order valence-electron chi connectivity index (χ3n) is 4.15. The number of hydrogen-bond acceptors (Lipinski definition) is 2. The van der Waals surface area contributed by atoms with Crippen molar-refractivity contribution in [2.75, 3.05) is 6.54 Å². The Balaban J connectivity index is 2.00. The van der Waals surface area contributed by atoms with Gasteiger partial charge in [0.2, 0.25) is 0 Å². The van der Waals surface area contributed by atoms with E-state index in [1.54, 1.807) is 11.3 Å². The summed E-state index contributed by atoms with van der Waals surface area (Å²) in [4.78, 5) is 1.42. The summed E-state index contributed by atoms with van der Waals surface area (Å²) in [7, 11) is 0. The molecule has 1 heterocycles. The molecule has 0 bridgehead atoms. The van der Waals surface area contributed by atoms with Crippen LogP contribution in [0.5, 0.6) is 0 Å². The van der Waals surface area contributed by atoms with Crippen molar-refractivity contribution in [3.05, 3.63) is 21.3 Å². The summed E-state index contributed by atoms with van der Waals surface area (Å²) in [6.07, 6.45) is 6.55. The molecule has 0 aliphatic heterocycles. The summed E-state index contributed by atoms with van der Waals surface area (Å²) in [6, 6.07) is 4.85. The largest absolute Gasteiger partial charge is 0.313 e. The average Bonchev–Trinajstić information content (AvgIpc) is 2.93. The lowest BCUT2D eigenvalue weighted by Gasteiger charge is -2.27. The highest BCUT2D eigenvalue weighted by Gasteiger charge is 2.30. The van der Waals surface area contributed by atoms with Gasteiger partial charge in [-0.2, -0.15) is 0 Å². The van der Waals surface area contributed by atoms with Gasteiger partial charge in [-0.05, 0) is 49.8 Å². The van der Waals surface area contributed by atoms with Crippen molar-refractivity contribution in [3.63, 3.8) is 0 Å². The second-order valence-corrected chi connectivity index (χ2v) is 7.34. The highest BCUT2D eigenvalue weighted by Crippen LogP contribution is 2.35. The fourth-order valence-electron chi connectivity index (χ4n) is 3.15. The van der Waals surface area contributed by atoms with E-state index in [9.17, 15) is 0 Å². The molecule has 3 heteroatoms. The van der Waals surface area contributed by atoms with E-state index in [2.05, 4.69) is 25.2 Å². The van der Waals surface area contributed by atoms with Crippen LogP contribution < -0.4 is 5.32 Å². The first kappa shape index (κ1) is 14.4. The molecule has 1 aromatic rings. The standard InChI is InChI=1S/C15H24ClNS/c1-3-9-17-14(13-6-4-5-11(13)2)10-12-7-8-15(16)18-12/h7-8,11,13-14,17H,3-6,9-10H2,1-2H3.